The first-order valence-electron chi connectivity index (χ1n) is 0.698. The van der Waals surface area contributed by atoms with Gasteiger partial charge in [-0.05, 0) is 0 Å². The second-order valence-corrected chi connectivity index (χ2v) is 1.34. The van der Waals surface area contributed by atoms with Crippen molar-refractivity contribution in [2.24, 2.45) is 0 Å². The van der Waals surface area contributed by atoms with Crippen LogP contribution in [0.3, 0.4) is 0 Å². The summed E-state index contributed by atoms with van der Waals surface area (Å²) in [7, 11) is -4.67. The van der Waals surface area contributed by atoms with Gasteiger partial charge in [0, 0.05) is 0 Å². The Kier molecular flexibility index (Phi) is 43.6. The van der Waals surface area contributed by atoms with Gasteiger partial charge < -0.3 is 11.0 Å². The van der Waals surface area contributed by atoms with Gasteiger partial charge >= 0.3 is 91.3 Å². The Bertz CT molecular complexity index is 96.2. The van der Waals surface area contributed by atoms with E-state index in [1.807, 2.05) is 0 Å². The molecule has 0 unspecified atom stereocenters. The van der Waals surface area contributed by atoms with Crippen LogP contribution in [0.1, 0.15) is 0 Å². The molecule has 4 N–H and O–H groups in total. The minimum absolute atomic E-state index is 0. The summed E-state index contributed by atoms with van der Waals surface area (Å²) in [6.07, 6.45) is 0. The van der Waals surface area contributed by atoms with Gasteiger partial charge in [0.25, 0.3) is 0 Å². The van der Waals surface area contributed by atoms with Gasteiger partial charge in [0.15, 0.2) is 0 Å². The van der Waals surface area contributed by atoms with E-state index < -0.39 is 10.4 Å². The molecule has 0 aromatic carbocycles. The molecule has 0 saturated heterocycles. The van der Waals surface area contributed by atoms with E-state index in [1.165, 1.54) is 0 Å². The smallest absolute Gasteiger partial charge is 0.870 e. The Morgan fingerprint density at radius 1 is 1.00 bits per heavy atom. The summed E-state index contributed by atoms with van der Waals surface area (Å²) in [6, 6.07) is 0. The van der Waals surface area contributed by atoms with Crippen molar-refractivity contribution >= 4 is 10.4 Å². The molecule has 0 aliphatic heterocycles. The average Bonchev–Trinajstić information content (AvgIpc) is 0.722. The second-order valence-electron chi connectivity index (χ2n) is 0.448. The fourth-order valence-electron chi connectivity index (χ4n) is 0. The van der Waals surface area contributed by atoms with Crippen molar-refractivity contribution in [1.29, 1.82) is 0 Å². The van der Waals surface area contributed by atoms with Crippen molar-refractivity contribution < 1.29 is 109 Å². The fraction of sp³-hybridized carbons (Fsp3) is 0. The third-order valence-corrected chi connectivity index (χ3v) is 0. The van der Waals surface area contributed by atoms with Crippen LogP contribution in [-0.4, -0.2) is 28.5 Å². The molecule has 0 spiro atoms. The Labute approximate surface area is 117 Å². The maximum atomic E-state index is 8.74. The predicted molar refractivity (Wildman–Crippen MR) is 18.0 cm³/mol. The third kappa shape index (κ3) is 126. The first kappa shape index (κ1) is 30.1. The number of hydrogen-bond donors (Lipinski definition) is 2. The van der Waals surface area contributed by atoms with Crippen LogP contribution in [0.2, 0.25) is 0 Å². The zero-order valence-corrected chi connectivity index (χ0v) is 11.0. The maximum Gasteiger partial charge on any atom is 1.00 e. The van der Waals surface area contributed by atoms with E-state index in [2.05, 4.69) is 0 Å². The van der Waals surface area contributed by atoms with Gasteiger partial charge in [0.2, 0.25) is 0 Å². The molecule has 9 heteroatoms. The summed E-state index contributed by atoms with van der Waals surface area (Å²) >= 11 is 0. The third-order valence-electron chi connectivity index (χ3n) is 0. The van der Waals surface area contributed by atoms with Crippen molar-refractivity contribution in [2.45, 2.75) is 0 Å². The molecule has 0 saturated carbocycles. The quantitative estimate of drug-likeness (QED) is 0.290. The molecule has 9 heavy (non-hydrogen) atoms. The van der Waals surface area contributed by atoms with Crippen molar-refractivity contribution in [2.75, 3.05) is 0 Å². The Hall–Kier alpha value is 2.43. The molecule has 0 heterocycles. The molecule has 0 atom stereocenters. The fourth-order valence-corrected chi connectivity index (χ4v) is 0. The Morgan fingerprint density at radius 2 is 1.00 bits per heavy atom. The van der Waals surface area contributed by atoms with E-state index >= 15 is 0 Å². The molecule has 6 nitrogen and oxygen atoms in total. The zero-order valence-electron chi connectivity index (χ0n) is 5.01. The first-order chi connectivity index (χ1) is 2.00. The average molecular weight is 194 g/mol. The van der Waals surface area contributed by atoms with Crippen LogP contribution >= 0.6 is 0 Å². The zero-order chi connectivity index (χ0) is 4.50. The van der Waals surface area contributed by atoms with E-state index in [0.29, 0.717) is 0 Å². The molecular weight excluding hydrogens is 190 g/mol. The van der Waals surface area contributed by atoms with Gasteiger partial charge in [-0.2, -0.15) is 8.42 Å². The van der Waals surface area contributed by atoms with E-state index in [0.717, 1.165) is 0 Å². The Morgan fingerprint density at radius 3 is 1.00 bits per heavy atom. The summed E-state index contributed by atoms with van der Waals surface area (Å²) in [6.45, 7) is 0. The van der Waals surface area contributed by atoms with Crippen molar-refractivity contribution in [3.8, 4) is 0 Å². The van der Waals surface area contributed by atoms with Crippen LogP contribution in [0, 0.1) is 0 Å². The van der Waals surface area contributed by atoms with Crippen molar-refractivity contribution in [3.05, 3.63) is 0 Å². The Balaban J connectivity index is -0.0000000133. The first-order valence-corrected chi connectivity index (χ1v) is 2.10. The maximum absolute atomic E-state index is 8.74. The normalized spacial score (nSPS) is 6.44. The topological polar surface area (TPSA) is 135 Å². The van der Waals surface area contributed by atoms with Crippen LogP contribution in [-0.2, 0) is 10.4 Å². The summed E-state index contributed by atoms with van der Waals surface area (Å²) in [4.78, 5) is 0. The molecule has 0 rings (SSSR count). The minimum atomic E-state index is -4.67. The molecule has 0 radical (unpaired) electrons. The molecular formula is H4KNaO6S. The molecule has 0 bridgehead atoms. The molecule has 0 aromatic rings. The van der Waals surface area contributed by atoms with Crippen molar-refractivity contribution in [1.82, 2.24) is 0 Å². The second kappa shape index (κ2) is 13.0. The van der Waals surface area contributed by atoms with E-state index in [1.54, 1.807) is 0 Å². The monoisotopic (exact) mass is 194 g/mol. The van der Waals surface area contributed by atoms with Crippen LogP contribution in [0.5, 0.6) is 0 Å². The SMILES string of the molecule is O=S(=O)(O)O.[K+].[Na+].[OH-].[OH-]. The molecule has 0 aliphatic rings. The summed E-state index contributed by atoms with van der Waals surface area (Å²) in [5.41, 5.74) is 0. The van der Waals surface area contributed by atoms with Crippen LogP contribution in [0.4, 0.5) is 0 Å². The number of rotatable bonds is 0. The van der Waals surface area contributed by atoms with Gasteiger partial charge in [-0.25, -0.2) is 0 Å². The van der Waals surface area contributed by atoms with Gasteiger partial charge in [-0.15, -0.1) is 0 Å². The predicted octanol–water partition coefficient (Wildman–Crippen LogP) is -7.00. The standard InChI is InChI=1S/K.Na.H2O4S.2H2O/c;;1-5(2,3)4;;/h;;(H2,1,2,3,4);2*1H2/q2*+1;;;/p-2. The van der Waals surface area contributed by atoms with Gasteiger partial charge in [-0.1, -0.05) is 0 Å². The summed E-state index contributed by atoms with van der Waals surface area (Å²) in [5.74, 6) is 0. The van der Waals surface area contributed by atoms with E-state index in [9.17, 15) is 0 Å². The van der Waals surface area contributed by atoms with Gasteiger partial charge in [-0.3, -0.25) is 9.11 Å². The summed E-state index contributed by atoms with van der Waals surface area (Å²) in [5, 5.41) is 0. The van der Waals surface area contributed by atoms with E-state index in [-0.39, 0.29) is 91.9 Å². The van der Waals surface area contributed by atoms with E-state index in [4.69, 9.17) is 17.5 Å². The molecule has 0 amide bonds. The van der Waals surface area contributed by atoms with Gasteiger partial charge in [0.1, 0.15) is 0 Å². The largest absolute Gasteiger partial charge is 1.00 e. The number of hydrogen-bond acceptors (Lipinski definition) is 4. The molecule has 0 aliphatic carbocycles. The van der Waals surface area contributed by atoms with Crippen LogP contribution in [0.25, 0.3) is 0 Å². The minimum Gasteiger partial charge on any atom is -0.870 e. The van der Waals surface area contributed by atoms with Crippen molar-refractivity contribution in [3.63, 3.8) is 0 Å². The summed E-state index contributed by atoms with van der Waals surface area (Å²) < 4.78 is 31.6. The van der Waals surface area contributed by atoms with Gasteiger partial charge in [0.05, 0.1) is 0 Å². The van der Waals surface area contributed by atoms with Crippen LogP contribution in [0.15, 0.2) is 0 Å². The molecule has 0 aromatic heterocycles. The molecule has 0 fully saturated rings. The van der Waals surface area contributed by atoms with Crippen LogP contribution < -0.4 is 80.9 Å². The molecule has 48 valence electrons.